The van der Waals surface area contributed by atoms with Gasteiger partial charge in [0.25, 0.3) is 0 Å². The van der Waals surface area contributed by atoms with Crippen LogP contribution in [-0.4, -0.2) is 16.3 Å². The summed E-state index contributed by atoms with van der Waals surface area (Å²) in [6, 6.07) is 19.3. The maximum atomic E-state index is 13.4. The monoisotopic (exact) mass is 505 g/mol. The fourth-order valence-electron chi connectivity index (χ4n) is 4.97. The van der Waals surface area contributed by atoms with Gasteiger partial charge in [-0.15, -0.1) is 0 Å². The molecule has 1 aromatic heterocycles. The standard InChI is InChI=1S/C16H11ClFNO.C14H18O2/c1-10(20)15-9-19(13-4-2-3-12(18)8-13)16-7-11(17)5-6-14(15)16;1-3-9-14(10-4-2)12-8-6-5-7-11(12)13(15)16-14/h2-9H,1H3;5-8H,3-4,9-10H2,1-2H3. The van der Waals surface area contributed by atoms with Gasteiger partial charge >= 0.3 is 5.97 Å². The van der Waals surface area contributed by atoms with Gasteiger partial charge in [-0.25, -0.2) is 9.18 Å². The molecule has 5 rings (SSSR count). The molecule has 0 N–H and O–H groups in total. The molecule has 0 radical (unpaired) electrons. The number of ketones is 1. The molecular weight excluding hydrogens is 477 g/mol. The summed E-state index contributed by atoms with van der Waals surface area (Å²) < 4.78 is 20.8. The minimum Gasteiger partial charge on any atom is -0.451 e. The summed E-state index contributed by atoms with van der Waals surface area (Å²) in [6.45, 7) is 5.78. The van der Waals surface area contributed by atoms with Crippen molar-refractivity contribution < 1.29 is 18.7 Å². The van der Waals surface area contributed by atoms with Crippen molar-refractivity contribution in [2.75, 3.05) is 0 Å². The first kappa shape index (κ1) is 25.6. The molecule has 36 heavy (non-hydrogen) atoms. The SMILES string of the molecule is CC(=O)c1cn(-c2cccc(F)c2)c2cc(Cl)ccc12.CCCC1(CCC)OC(=O)c2ccccc21. The van der Waals surface area contributed by atoms with Crippen LogP contribution in [0.4, 0.5) is 4.39 Å². The third-order valence-electron chi connectivity index (χ3n) is 6.47. The van der Waals surface area contributed by atoms with Crippen LogP contribution in [0.3, 0.4) is 0 Å². The molecule has 1 aliphatic heterocycles. The maximum Gasteiger partial charge on any atom is 0.339 e. The first-order chi connectivity index (χ1) is 17.3. The first-order valence-corrected chi connectivity index (χ1v) is 12.6. The average Bonchev–Trinajstić information content (AvgIpc) is 3.36. The number of hydrogen-bond donors (Lipinski definition) is 0. The number of ether oxygens (including phenoxy) is 1. The topological polar surface area (TPSA) is 48.3 Å². The first-order valence-electron chi connectivity index (χ1n) is 12.2. The molecule has 0 saturated carbocycles. The Hall–Kier alpha value is -3.44. The van der Waals surface area contributed by atoms with Gasteiger partial charge in [0.15, 0.2) is 5.78 Å². The summed E-state index contributed by atoms with van der Waals surface area (Å²) in [4.78, 5) is 23.5. The van der Waals surface area contributed by atoms with E-state index in [1.54, 1.807) is 35.0 Å². The lowest BCUT2D eigenvalue weighted by Crippen LogP contribution is -2.25. The number of rotatable bonds is 6. The third-order valence-corrected chi connectivity index (χ3v) is 6.70. The largest absolute Gasteiger partial charge is 0.451 e. The highest BCUT2D eigenvalue weighted by molar-refractivity contribution is 6.31. The number of aromatic nitrogens is 1. The fraction of sp³-hybridized carbons (Fsp3) is 0.267. The van der Waals surface area contributed by atoms with Crippen LogP contribution in [0.15, 0.2) is 72.9 Å². The summed E-state index contributed by atoms with van der Waals surface area (Å²) in [7, 11) is 0. The van der Waals surface area contributed by atoms with E-state index in [0.717, 1.165) is 47.7 Å². The molecular formula is C30H29ClFNO3. The van der Waals surface area contributed by atoms with Crippen LogP contribution < -0.4 is 0 Å². The fourth-order valence-corrected chi connectivity index (χ4v) is 5.14. The highest BCUT2D eigenvalue weighted by Crippen LogP contribution is 2.43. The van der Waals surface area contributed by atoms with Crippen LogP contribution >= 0.6 is 11.6 Å². The van der Waals surface area contributed by atoms with Crippen molar-refractivity contribution in [1.29, 1.82) is 0 Å². The number of fused-ring (bicyclic) bond motifs is 2. The molecule has 4 nitrogen and oxygen atoms in total. The molecule has 1 aliphatic rings. The van der Waals surface area contributed by atoms with Crippen molar-refractivity contribution in [2.24, 2.45) is 0 Å². The van der Waals surface area contributed by atoms with E-state index in [0.29, 0.717) is 16.3 Å². The van der Waals surface area contributed by atoms with Gasteiger partial charge in [0, 0.05) is 33.4 Å². The van der Waals surface area contributed by atoms with Crippen molar-refractivity contribution in [3.05, 3.63) is 100 Å². The van der Waals surface area contributed by atoms with Gasteiger partial charge in [0.1, 0.15) is 11.4 Å². The molecule has 0 aliphatic carbocycles. The molecule has 0 atom stereocenters. The lowest BCUT2D eigenvalue weighted by molar-refractivity contribution is -0.0183. The van der Waals surface area contributed by atoms with Crippen LogP contribution in [0.2, 0.25) is 5.02 Å². The molecule has 0 spiro atoms. The minimum atomic E-state index is -0.350. The van der Waals surface area contributed by atoms with Crippen LogP contribution in [0, 0.1) is 5.82 Å². The van der Waals surface area contributed by atoms with Crippen molar-refractivity contribution in [2.45, 2.75) is 52.1 Å². The van der Waals surface area contributed by atoms with Crippen LogP contribution in [0.5, 0.6) is 0 Å². The zero-order valence-corrected chi connectivity index (χ0v) is 21.4. The molecule has 0 bridgehead atoms. The van der Waals surface area contributed by atoms with Gasteiger partial charge in [-0.2, -0.15) is 0 Å². The summed E-state index contributed by atoms with van der Waals surface area (Å²) in [5.74, 6) is -0.513. The smallest absolute Gasteiger partial charge is 0.339 e. The number of esters is 1. The Morgan fingerprint density at radius 3 is 2.39 bits per heavy atom. The molecule has 186 valence electrons. The summed E-state index contributed by atoms with van der Waals surface area (Å²) >= 11 is 6.03. The van der Waals surface area contributed by atoms with Gasteiger partial charge in [0.2, 0.25) is 0 Å². The molecule has 0 unspecified atom stereocenters. The second-order valence-corrected chi connectivity index (χ2v) is 9.48. The molecule has 3 aromatic carbocycles. The maximum absolute atomic E-state index is 13.4. The van der Waals surface area contributed by atoms with E-state index in [-0.39, 0.29) is 23.2 Å². The molecule has 2 heterocycles. The Morgan fingerprint density at radius 1 is 1.00 bits per heavy atom. The summed E-state index contributed by atoms with van der Waals surface area (Å²) in [6.07, 6.45) is 5.62. The van der Waals surface area contributed by atoms with Crippen molar-refractivity contribution in [3.63, 3.8) is 0 Å². The van der Waals surface area contributed by atoms with E-state index < -0.39 is 0 Å². The van der Waals surface area contributed by atoms with Crippen LogP contribution in [0.1, 0.15) is 72.7 Å². The molecule has 4 aromatic rings. The van der Waals surface area contributed by atoms with Crippen molar-refractivity contribution >= 4 is 34.3 Å². The Bertz CT molecular complexity index is 1420. The van der Waals surface area contributed by atoms with Crippen molar-refractivity contribution in [1.82, 2.24) is 4.57 Å². The average molecular weight is 506 g/mol. The third kappa shape index (κ3) is 4.93. The lowest BCUT2D eigenvalue weighted by atomic mass is 9.85. The van der Waals surface area contributed by atoms with E-state index in [2.05, 4.69) is 13.8 Å². The molecule has 0 amide bonds. The predicted octanol–water partition coefficient (Wildman–Crippen LogP) is 8.28. The molecule has 6 heteroatoms. The van der Waals surface area contributed by atoms with Gasteiger partial charge in [-0.1, -0.05) is 68.6 Å². The van der Waals surface area contributed by atoms with Gasteiger partial charge in [-0.05, 0) is 56.2 Å². The van der Waals surface area contributed by atoms with Gasteiger partial charge in [0.05, 0.1) is 11.1 Å². The number of halogens is 2. The number of benzene rings is 3. The normalized spacial score (nSPS) is 13.6. The van der Waals surface area contributed by atoms with Crippen LogP contribution in [-0.2, 0) is 10.3 Å². The number of carbonyl (C=O) groups excluding carboxylic acids is 2. The van der Waals surface area contributed by atoms with Gasteiger partial charge in [-0.3, -0.25) is 4.79 Å². The summed E-state index contributed by atoms with van der Waals surface area (Å²) in [5.41, 5.74) is 3.53. The second kappa shape index (κ2) is 10.7. The van der Waals surface area contributed by atoms with E-state index in [4.69, 9.17) is 16.3 Å². The predicted molar refractivity (Wildman–Crippen MR) is 142 cm³/mol. The molecule has 0 saturated heterocycles. The number of carbonyl (C=O) groups is 2. The second-order valence-electron chi connectivity index (χ2n) is 9.04. The minimum absolute atomic E-state index is 0.0347. The Kier molecular flexibility index (Phi) is 7.60. The zero-order chi connectivity index (χ0) is 25.9. The quantitative estimate of drug-likeness (QED) is 0.195. The Labute approximate surface area is 215 Å². The lowest BCUT2D eigenvalue weighted by Gasteiger charge is -2.28. The van der Waals surface area contributed by atoms with E-state index in [1.165, 1.54) is 19.1 Å². The zero-order valence-electron chi connectivity index (χ0n) is 20.7. The van der Waals surface area contributed by atoms with E-state index in [1.807, 2.05) is 30.3 Å². The molecule has 0 fully saturated rings. The number of cyclic esters (lactones) is 1. The Balaban J connectivity index is 0.000000174. The summed E-state index contributed by atoms with van der Waals surface area (Å²) in [5, 5.41) is 1.38. The number of hydrogen-bond acceptors (Lipinski definition) is 3. The highest BCUT2D eigenvalue weighted by Gasteiger charge is 2.43. The number of nitrogens with zero attached hydrogens (tertiary/aromatic N) is 1. The number of Topliss-reactive ketones (excluding diaryl/α,β-unsaturated/α-hetero) is 1. The van der Waals surface area contributed by atoms with Gasteiger partial charge < -0.3 is 9.30 Å². The van der Waals surface area contributed by atoms with Crippen LogP contribution in [0.25, 0.3) is 16.6 Å². The van der Waals surface area contributed by atoms with E-state index >= 15 is 0 Å². The highest BCUT2D eigenvalue weighted by atomic mass is 35.5. The van der Waals surface area contributed by atoms with E-state index in [9.17, 15) is 14.0 Å². The Morgan fingerprint density at radius 2 is 1.72 bits per heavy atom. The van der Waals surface area contributed by atoms with Crippen molar-refractivity contribution in [3.8, 4) is 5.69 Å².